The summed E-state index contributed by atoms with van der Waals surface area (Å²) < 4.78 is 0. The van der Waals surface area contributed by atoms with Crippen LogP contribution in [0.4, 0.5) is 0 Å². The fourth-order valence-corrected chi connectivity index (χ4v) is 5.17. The molecule has 0 radical (unpaired) electrons. The maximum absolute atomic E-state index is 12.8. The zero-order valence-electron chi connectivity index (χ0n) is 14.2. The van der Waals surface area contributed by atoms with Crippen LogP contribution in [0.5, 0.6) is 0 Å². The van der Waals surface area contributed by atoms with Gasteiger partial charge in [-0.15, -0.1) is 11.3 Å². The van der Waals surface area contributed by atoms with Crippen molar-refractivity contribution in [2.24, 2.45) is 5.92 Å². The number of thiophene rings is 1. The number of nitriles is 1. The van der Waals surface area contributed by atoms with E-state index < -0.39 is 0 Å². The Balaban J connectivity index is 1.57. The monoisotopic (exact) mass is 351 g/mol. The molecule has 0 aliphatic carbocycles. The van der Waals surface area contributed by atoms with E-state index in [2.05, 4.69) is 23.2 Å². The molecule has 5 heteroatoms. The Morgan fingerprint density at radius 3 is 2.64 bits per heavy atom. The van der Waals surface area contributed by atoms with Gasteiger partial charge in [-0.05, 0) is 50.4 Å². The molecule has 3 aliphatic heterocycles. The van der Waals surface area contributed by atoms with Crippen LogP contribution in [0.1, 0.15) is 35.0 Å². The highest BCUT2D eigenvalue weighted by Crippen LogP contribution is 2.34. The zero-order valence-corrected chi connectivity index (χ0v) is 15.1. The number of nitrogens with one attached hydrogen (secondary N) is 1. The maximum atomic E-state index is 12.8. The molecule has 2 atom stereocenters. The fraction of sp³-hybridized carbons (Fsp3) is 0.400. The van der Waals surface area contributed by atoms with Crippen molar-refractivity contribution in [3.63, 3.8) is 0 Å². The molecule has 0 unspecified atom stereocenters. The van der Waals surface area contributed by atoms with Crippen LogP contribution in [0.15, 0.2) is 36.4 Å². The van der Waals surface area contributed by atoms with Gasteiger partial charge in [0.15, 0.2) is 0 Å². The molecule has 1 N–H and O–H groups in total. The minimum absolute atomic E-state index is 0.0470. The smallest absolute Gasteiger partial charge is 0.261 e. The Morgan fingerprint density at radius 2 is 2.00 bits per heavy atom. The van der Waals surface area contributed by atoms with E-state index in [1.165, 1.54) is 24.2 Å². The standard InChI is InChI=1S/C20H21N3OS/c1-13-18(14-7-9-23(13)10-8-14)22-20(24)17-11-16(12-21)19(25-17)15-5-3-2-4-6-15/h2-6,11,13-14,18H,7-10H2,1H3,(H,22,24)/t13-,18-/m0/s1. The van der Waals surface area contributed by atoms with Gasteiger partial charge in [0.05, 0.1) is 15.3 Å². The van der Waals surface area contributed by atoms with Gasteiger partial charge >= 0.3 is 0 Å². The van der Waals surface area contributed by atoms with Crippen molar-refractivity contribution in [2.75, 3.05) is 13.1 Å². The van der Waals surface area contributed by atoms with Gasteiger partial charge in [-0.25, -0.2) is 0 Å². The Hall–Kier alpha value is -2.16. The molecule has 4 heterocycles. The number of hydrogen-bond donors (Lipinski definition) is 1. The predicted octanol–water partition coefficient (Wildman–Crippen LogP) is 3.50. The third kappa shape index (κ3) is 2.97. The van der Waals surface area contributed by atoms with Crippen molar-refractivity contribution in [3.05, 3.63) is 46.8 Å². The summed E-state index contributed by atoms with van der Waals surface area (Å²) in [5, 5.41) is 12.7. The fourth-order valence-electron chi connectivity index (χ4n) is 4.16. The van der Waals surface area contributed by atoms with Gasteiger partial charge in [0.25, 0.3) is 5.91 Å². The molecule has 4 nitrogen and oxygen atoms in total. The molecule has 0 saturated carbocycles. The molecule has 1 amide bonds. The first kappa shape index (κ1) is 16.3. The van der Waals surface area contributed by atoms with E-state index in [4.69, 9.17) is 0 Å². The molecule has 1 aromatic heterocycles. The number of fused-ring (bicyclic) bond motifs is 3. The second kappa shape index (κ2) is 6.62. The van der Waals surface area contributed by atoms with Crippen LogP contribution in [0.3, 0.4) is 0 Å². The number of rotatable bonds is 3. The SMILES string of the molecule is C[C@H]1[C@H](NC(=O)c2cc(C#N)c(-c3ccccc3)s2)C2CCN1CC2. The van der Waals surface area contributed by atoms with E-state index in [0.717, 1.165) is 23.5 Å². The van der Waals surface area contributed by atoms with E-state index in [0.29, 0.717) is 22.4 Å². The topological polar surface area (TPSA) is 56.1 Å². The van der Waals surface area contributed by atoms with Gasteiger partial charge in [0, 0.05) is 12.1 Å². The highest BCUT2D eigenvalue weighted by Gasteiger charge is 2.40. The Morgan fingerprint density at radius 1 is 1.28 bits per heavy atom. The third-order valence-corrected chi connectivity index (χ3v) is 6.77. The van der Waals surface area contributed by atoms with Gasteiger partial charge in [0.2, 0.25) is 0 Å². The summed E-state index contributed by atoms with van der Waals surface area (Å²) in [5.41, 5.74) is 1.56. The molecule has 3 saturated heterocycles. The average molecular weight is 351 g/mol. The summed E-state index contributed by atoms with van der Waals surface area (Å²) in [5.74, 6) is 0.530. The van der Waals surface area contributed by atoms with Crippen LogP contribution in [0, 0.1) is 17.2 Å². The molecular weight excluding hydrogens is 330 g/mol. The molecule has 5 rings (SSSR count). The number of benzene rings is 1. The summed E-state index contributed by atoms with van der Waals surface area (Å²) in [6.07, 6.45) is 2.33. The van der Waals surface area contributed by atoms with Gasteiger partial charge in [0.1, 0.15) is 6.07 Å². The lowest BCUT2D eigenvalue weighted by Crippen LogP contribution is -2.62. The first-order chi connectivity index (χ1) is 12.2. The highest BCUT2D eigenvalue weighted by molar-refractivity contribution is 7.17. The average Bonchev–Trinajstić information content (AvgIpc) is 3.10. The van der Waals surface area contributed by atoms with Crippen LogP contribution in [-0.2, 0) is 0 Å². The predicted molar refractivity (Wildman–Crippen MR) is 99.5 cm³/mol. The van der Waals surface area contributed by atoms with E-state index in [1.807, 2.05) is 30.3 Å². The summed E-state index contributed by atoms with van der Waals surface area (Å²) in [7, 11) is 0. The lowest BCUT2D eigenvalue weighted by molar-refractivity contribution is 0.0218. The first-order valence-electron chi connectivity index (χ1n) is 8.81. The van der Waals surface area contributed by atoms with Crippen molar-refractivity contribution in [1.29, 1.82) is 5.26 Å². The second-order valence-electron chi connectivity index (χ2n) is 6.94. The van der Waals surface area contributed by atoms with E-state index in [9.17, 15) is 10.1 Å². The number of carbonyl (C=O) groups is 1. The minimum Gasteiger partial charge on any atom is -0.347 e. The molecule has 3 aliphatic rings. The number of hydrogen-bond acceptors (Lipinski definition) is 4. The highest BCUT2D eigenvalue weighted by atomic mass is 32.1. The molecule has 25 heavy (non-hydrogen) atoms. The lowest BCUT2D eigenvalue weighted by atomic mass is 9.79. The molecule has 2 aromatic rings. The molecule has 3 fully saturated rings. The molecular formula is C20H21N3OS. The van der Waals surface area contributed by atoms with Crippen LogP contribution in [0.25, 0.3) is 10.4 Å². The van der Waals surface area contributed by atoms with Gasteiger partial charge < -0.3 is 5.32 Å². The summed E-state index contributed by atoms with van der Waals surface area (Å²) in [4.78, 5) is 16.8. The first-order valence-corrected chi connectivity index (χ1v) is 9.63. The summed E-state index contributed by atoms with van der Waals surface area (Å²) >= 11 is 1.41. The van der Waals surface area contributed by atoms with Gasteiger partial charge in [-0.3, -0.25) is 9.69 Å². The van der Waals surface area contributed by atoms with Crippen molar-refractivity contribution < 1.29 is 4.79 Å². The van der Waals surface area contributed by atoms with Crippen molar-refractivity contribution in [2.45, 2.75) is 31.8 Å². The van der Waals surface area contributed by atoms with E-state index in [-0.39, 0.29) is 11.9 Å². The second-order valence-corrected chi connectivity index (χ2v) is 8.00. The molecule has 0 spiro atoms. The Bertz CT molecular complexity index is 813. The number of carbonyl (C=O) groups excluding carboxylic acids is 1. The molecule has 2 bridgehead atoms. The number of amides is 1. The van der Waals surface area contributed by atoms with E-state index >= 15 is 0 Å². The largest absolute Gasteiger partial charge is 0.347 e. The van der Waals surface area contributed by atoms with Crippen molar-refractivity contribution in [3.8, 4) is 16.5 Å². The quantitative estimate of drug-likeness (QED) is 0.921. The normalized spacial score (nSPS) is 27.7. The van der Waals surface area contributed by atoms with E-state index in [1.54, 1.807) is 6.07 Å². The Labute approximate surface area is 152 Å². The van der Waals surface area contributed by atoms with Gasteiger partial charge in [-0.1, -0.05) is 30.3 Å². The maximum Gasteiger partial charge on any atom is 0.261 e. The molecule has 1 aromatic carbocycles. The third-order valence-electron chi connectivity index (χ3n) is 5.59. The van der Waals surface area contributed by atoms with Crippen molar-refractivity contribution >= 4 is 17.2 Å². The minimum atomic E-state index is -0.0470. The van der Waals surface area contributed by atoms with Crippen LogP contribution in [-0.4, -0.2) is 36.0 Å². The summed E-state index contributed by atoms with van der Waals surface area (Å²) in [6.45, 7) is 4.50. The molecule has 128 valence electrons. The Kier molecular flexibility index (Phi) is 4.32. The van der Waals surface area contributed by atoms with Gasteiger partial charge in [-0.2, -0.15) is 5.26 Å². The number of nitrogens with zero attached hydrogens (tertiary/aromatic N) is 2. The van der Waals surface area contributed by atoms with Crippen LogP contribution in [0.2, 0.25) is 0 Å². The lowest BCUT2D eigenvalue weighted by Gasteiger charge is -2.49. The van der Waals surface area contributed by atoms with Crippen molar-refractivity contribution in [1.82, 2.24) is 10.2 Å². The van der Waals surface area contributed by atoms with Crippen LogP contribution >= 0.6 is 11.3 Å². The zero-order chi connectivity index (χ0) is 17.4. The summed E-state index contributed by atoms with van der Waals surface area (Å²) in [6, 6.07) is 14.4. The van der Waals surface area contributed by atoms with Crippen LogP contribution < -0.4 is 5.32 Å². The number of piperidine rings is 3.